The topological polar surface area (TPSA) is 23.6 Å². The number of hydrogen-bond donors (Lipinski definition) is 0. The summed E-state index contributed by atoms with van der Waals surface area (Å²) in [5.74, 6) is 0.682. The van der Waals surface area contributed by atoms with Crippen molar-refractivity contribution >= 4 is 17.5 Å². The number of halogens is 1. The van der Waals surface area contributed by atoms with E-state index in [0.29, 0.717) is 5.92 Å². The fourth-order valence-electron chi connectivity index (χ4n) is 2.03. The van der Waals surface area contributed by atoms with E-state index in [-0.39, 0.29) is 5.91 Å². The van der Waals surface area contributed by atoms with Crippen LogP contribution < -0.4 is 0 Å². The molecule has 0 aliphatic carbocycles. The lowest BCUT2D eigenvalue weighted by Gasteiger charge is -2.32. The van der Waals surface area contributed by atoms with Gasteiger partial charge in [0.15, 0.2) is 0 Å². The molecular formula is C11H21ClN2O. The molecule has 1 aliphatic heterocycles. The van der Waals surface area contributed by atoms with E-state index in [0.717, 1.165) is 19.6 Å². The number of amides is 1. The van der Waals surface area contributed by atoms with Crippen LogP contribution in [0, 0.1) is 5.92 Å². The van der Waals surface area contributed by atoms with E-state index in [1.165, 1.54) is 12.8 Å². The average Bonchev–Trinajstić information content (AvgIpc) is 2.20. The summed E-state index contributed by atoms with van der Waals surface area (Å²) in [6.07, 6.45) is 2.37. The van der Waals surface area contributed by atoms with E-state index in [1.54, 1.807) is 11.8 Å². The van der Waals surface area contributed by atoms with Crippen LogP contribution in [0.4, 0.5) is 0 Å². The van der Waals surface area contributed by atoms with Crippen molar-refractivity contribution in [3.05, 3.63) is 0 Å². The van der Waals surface area contributed by atoms with Gasteiger partial charge in [0.05, 0.1) is 0 Å². The second kappa shape index (κ2) is 5.71. The molecule has 1 fully saturated rings. The van der Waals surface area contributed by atoms with E-state index < -0.39 is 5.38 Å². The van der Waals surface area contributed by atoms with Gasteiger partial charge in [0.2, 0.25) is 5.91 Å². The van der Waals surface area contributed by atoms with Crippen molar-refractivity contribution in [2.45, 2.75) is 25.1 Å². The Morgan fingerprint density at radius 1 is 1.53 bits per heavy atom. The van der Waals surface area contributed by atoms with Crippen molar-refractivity contribution in [2.75, 3.05) is 33.7 Å². The third-order valence-electron chi connectivity index (χ3n) is 3.09. The Morgan fingerprint density at radius 3 is 2.53 bits per heavy atom. The third-order valence-corrected chi connectivity index (χ3v) is 3.27. The van der Waals surface area contributed by atoms with Crippen LogP contribution >= 0.6 is 11.6 Å². The molecule has 1 amide bonds. The first-order valence-corrected chi connectivity index (χ1v) is 6.02. The second-order valence-corrected chi connectivity index (χ2v) is 5.24. The first-order valence-electron chi connectivity index (χ1n) is 5.58. The summed E-state index contributed by atoms with van der Waals surface area (Å²) in [7, 11) is 3.99. The van der Waals surface area contributed by atoms with Crippen LogP contribution in [0.25, 0.3) is 0 Å². The van der Waals surface area contributed by atoms with Crippen LogP contribution in [0.1, 0.15) is 19.8 Å². The van der Waals surface area contributed by atoms with E-state index in [2.05, 4.69) is 11.9 Å². The Morgan fingerprint density at radius 2 is 2.07 bits per heavy atom. The van der Waals surface area contributed by atoms with Gasteiger partial charge in [-0.25, -0.2) is 0 Å². The number of piperidine rings is 1. The average molecular weight is 233 g/mol. The van der Waals surface area contributed by atoms with Crippen LogP contribution in [-0.2, 0) is 4.79 Å². The van der Waals surface area contributed by atoms with E-state index in [4.69, 9.17) is 11.6 Å². The monoisotopic (exact) mass is 232 g/mol. The summed E-state index contributed by atoms with van der Waals surface area (Å²) in [5, 5.41) is -0.402. The normalized spacial score (nSPS) is 21.3. The van der Waals surface area contributed by atoms with Gasteiger partial charge in [0, 0.05) is 13.6 Å². The first kappa shape index (κ1) is 12.8. The summed E-state index contributed by atoms with van der Waals surface area (Å²) in [6.45, 7) is 4.87. The zero-order chi connectivity index (χ0) is 11.4. The summed E-state index contributed by atoms with van der Waals surface area (Å²) in [6, 6.07) is 0. The van der Waals surface area contributed by atoms with E-state index >= 15 is 0 Å². The maximum Gasteiger partial charge on any atom is 0.240 e. The van der Waals surface area contributed by atoms with Gasteiger partial charge in [-0.1, -0.05) is 0 Å². The molecule has 0 spiro atoms. The maximum absolute atomic E-state index is 11.6. The molecule has 0 bridgehead atoms. The number of rotatable bonds is 3. The van der Waals surface area contributed by atoms with Gasteiger partial charge in [-0.05, 0) is 45.8 Å². The number of alkyl halides is 1. The number of hydrogen-bond acceptors (Lipinski definition) is 2. The molecule has 1 atom stereocenters. The third kappa shape index (κ3) is 3.99. The lowest BCUT2D eigenvalue weighted by Crippen LogP contribution is -2.40. The summed E-state index contributed by atoms with van der Waals surface area (Å²) >= 11 is 5.76. The van der Waals surface area contributed by atoms with Crippen molar-refractivity contribution in [3.63, 3.8) is 0 Å². The zero-order valence-electron chi connectivity index (χ0n) is 9.87. The van der Waals surface area contributed by atoms with Gasteiger partial charge < -0.3 is 9.80 Å². The predicted octanol–water partition coefficient (Wildman–Crippen LogP) is 1.41. The Bertz CT molecular complexity index is 213. The quantitative estimate of drug-likeness (QED) is 0.688. The number of nitrogens with zero attached hydrogens (tertiary/aromatic N) is 2. The van der Waals surface area contributed by atoms with Crippen LogP contribution in [0.5, 0.6) is 0 Å². The van der Waals surface area contributed by atoms with E-state index in [9.17, 15) is 4.79 Å². The van der Waals surface area contributed by atoms with Crippen LogP contribution in [0.15, 0.2) is 0 Å². The number of carbonyl (C=O) groups excluding carboxylic acids is 1. The molecule has 0 N–H and O–H groups in total. The molecule has 3 nitrogen and oxygen atoms in total. The minimum atomic E-state index is -0.402. The highest BCUT2D eigenvalue weighted by atomic mass is 35.5. The highest BCUT2D eigenvalue weighted by Crippen LogP contribution is 2.17. The molecule has 0 saturated carbocycles. The molecule has 4 heteroatoms. The van der Waals surface area contributed by atoms with Gasteiger partial charge >= 0.3 is 0 Å². The minimum Gasteiger partial charge on any atom is -0.344 e. The van der Waals surface area contributed by atoms with Gasteiger partial charge in [-0.2, -0.15) is 0 Å². The highest BCUT2D eigenvalue weighted by Gasteiger charge is 2.21. The minimum absolute atomic E-state index is 0.0376. The largest absolute Gasteiger partial charge is 0.344 e. The molecule has 0 aromatic carbocycles. The predicted molar refractivity (Wildman–Crippen MR) is 63.2 cm³/mol. The Balaban J connectivity index is 2.32. The standard InChI is InChI=1S/C11H21ClN2O/c1-9(12)11(15)14(3)8-10-4-6-13(2)7-5-10/h9-10H,4-8H2,1-3H3. The fourth-order valence-corrected chi connectivity index (χ4v) is 2.19. The van der Waals surface area contributed by atoms with Crippen molar-refractivity contribution in [3.8, 4) is 0 Å². The van der Waals surface area contributed by atoms with Gasteiger partial charge in [0.25, 0.3) is 0 Å². The summed E-state index contributed by atoms with van der Waals surface area (Å²) in [5.41, 5.74) is 0. The molecule has 1 unspecified atom stereocenters. The van der Waals surface area contributed by atoms with E-state index in [1.807, 2.05) is 7.05 Å². The van der Waals surface area contributed by atoms with Crippen LogP contribution in [0.2, 0.25) is 0 Å². The number of carbonyl (C=O) groups is 1. The molecule has 1 aliphatic rings. The molecule has 88 valence electrons. The molecule has 0 aromatic heterocycles. The Kier molecular flexibility index (Phi) is 4.87. The fraction of sp³-hybridized carbons (Fsp3) is 0.909. The molecule has 0 aromatic rings. The van der Waals surface area contributed by atoms with Crippen molar-refractivity contribution in [1.82, 2.24) is 9.80 Å². The molecular weight excluding hydrogens is 212 g/mol. The van der Waals surface area contributed by atoms with Gasteiger partial charge in [-0.3, -0.25) is 4.79 Å². The highest BCUT2D eigenvalue weighted by molar-refractivity contribution is 6.30. The first-order chi connectivity index (χ1) is 7.00. The van der Waals surface area contributed by atoms with Crippen molar-refractivity contribution < 1.29 is 4.79 Å². The molecule has 1 heterocycles. The van der Waals surface area contributed by atoms with Crippen molar-refractivity contribution in [1.29, 1.82) is 0 Å². The van der Waals surface area contributed by atoms with Gasteiger partial charge in [0.1, 0.15) is 5.38 Å². The number of likely N-dealkylation sites (tertiary alicyclic amines) is 1. The Labute approximate surface area is 97.4 Å². The maximum atomic E-state index is 11.6. The molecule has 0 radical (unpaired) electrons. The summed E-state index contributed by atoms with van der Waals surface area (Å²) in [4.78, 5) is 15.7. The lowest BCUT2D eigenvalue weighted by atomic mass is 9.96. The van der Waals surface area contributed by atoms with Crippen LogP contribution in [0.3, 0.4) is 0 Å². The van der Waals surface area contributed by atoms with Gasteiger partial charge in [-0.15, -0.1) is 11.6 Å². The summed E-state index contributed by atoms with van der Waals surface area (Å²) < 4.78 is 0. The molecule has 1 saturated heterocycles. The zero-order valence-corrected chi connectivity index (χ0v) is 10.6. The van der Waals surface area contributed by atoms with Crippen molar-refractivity contribution in [2.24, 2.45) is 5.92 Å². The molecule has 1 rings (SSSR count). The lowest BCUT2D eigenvalue weighted by molar-refractivity contribution is -0.129. The second-order valence-electron chi connectivity index (χ2n) is 4.58. The molecule has 15 heavy (non-hydrogen) atoms. The Hall–Kier alpha value is -0.280. The smallest absolute Gasteiger partial charge is 0.240 e. The SMILES string of the molecule is CC(Cl)C(=O)N(C)CC1CCN(C)CC1. The van der Waals surface area contributed by atoms with Crippen LogP contribution in [-0.4, -0.2) is 54.8 Å².